The van der Waals surface area contributed by atoms with Gasteiger partial charge in [0.15, 0.2) is 5.78 Å². The first-order chi connectivity index (χ1) is 9.49. The molecule has 0 aliphatic heterocycles. The number of nitrogens with zero attached hydrogens (tertiary/aromatic N) is 1. The fourth-order valence-electron chi connectivity index (χ4n) is 2.64. The van der Waals surface area contributed by atoms with E-state index in [9.17, 15) is 14.9 Å². The molecule has 1 fully saturated rings. The van der Waals surface area contributed by atoms with E-state index in [2.05, 4.69) is 0 Å². The molecule has 2 rings (SSSR count). The molecule has 0 amide bonds. The Hall–Kier alpha value is -1.91. The Morgan fingerprint density at radius 2 is 1.95 bits per heavy atom. The summed E-state index contributed by atoms with van der Waals surface area (Å²) in [5.74, 6) is 0.826. The Kier molecular flexibility index (Phi) is 4.37. The highest BCUT2D eigenvalue weighted by Crippen LogP contribution is 2.29. The number of ether oxygens (including phenoxy) is 1. The molecule has 108 valence electrons. The number of ketones is 1. The van der Waals surface area contributed by atoms with Gasteiger partial charge in [0.05, 0.1) is 4.92 Å². The van der Waals surface area contributed by atoms with E-state index in [4.69, 9.17) is 4.74 Å². The van der Waals surface area contributed by atoms with E-state index in [-0.39, 0.29) is 24.0 Å². The van der Waals surface area contributed by atoms with E-state index >= 15 is 0 Å². The normalized spacial score (nSPS) is 15.3. The van der Waals surface area contributed by atoms with Crippen molar-refractivity contribution in [2.24, 2.45) is 5.92 Å². The molecular weight excluding hydrogens is 258 g/mol. The second-order valence-corrected chi connectivity index (χ2v) is 5.40. The summed E-state index contributed by atoms with van der Waals surface area (Å²) in [6.07, 6.45) is 4.15. The summed E-state index contributed by atoms with van der Waals surface area (Å²) < 4.78 is 5.55. The highest BCUT2D eigenvalue weighted by atomic mass is 16.6. The van der Waals surface area contributed by atoms with E-state index in [1.54, 1.807) is 19.9 Å². The zero-order chi connectivity index (χ0) is 14.7. The standard InChI is InChI=1S/C15H19NO4/c1-10-8-15(11(2)7-13(10)16(18)19)20-9-14(17)12-5-3-4-6-12/h7-8,12H,3-6,9H2,1-2H3. The molecule has 20 heavy (non-hydrogen) atoms. The first kappa shape index (κ1) is 14.5. The van der Waals surface area contributed by atoms with Crippen LogP contribution in [-0.2, 0) is 4.79 Å². The number of rotatable bonds is 5. The molecule has 1 aromatic carbocycles. The molecule has 1 aromatic rings. The number of hydrogen-bond donors (Lipinski definition) is 0. The van der Waals surface area contributed by atoms with Gasteiger partial charge in [-0.2, -0.15) is 0 Å². The third kappa shape index (κ3) is 3.15. The fraction of sp³-hybridized carbons (Fsp3) is 0.533. The molecule has 0 aromatic heterocycles. The van der Waals surface area contributed by atoms with E-state index < -0.39 is 4.92 Å². The molecule has 0 spiro atoms. The topological polar surface area (TPSA) is 69.4 Å². The van der Waals surface area contributed by atoms with Gasteiger partial charge in [0.1, 0.15) is 12.4 Å². The minimum atomic E-state index is -0.407. The highest BCUT2D eigenvalue weighted by Gasteiger charge is 2.23. The molecular formula is C15H19NO4. The Bertz CT molecular complexity index is 533. The number of nitro groups is 1. The lowest BCUT2D eigenvalue weighted by Gasteiger charge is -2.12. The average Bonchev–Trinajstić information content (AvgIpc) is 2.92. The maximum absolute atomic E-state index is 12.0. The molecule has 0 N–H and O–H groups in total. The first-order valence-electron chi connectivity index (χ1n) is 6.90. The SMILES string of the molecule is Cc1cc([N+](=O)[O-])c(C)cc1OCC(=O)C1CCCC1. The summed E-state index contributed by atoms with van der Waals surface area (Å²) in [5.41, 5.74) is 1.31. The van der Waals surface area contributed by atoms with Crippen molar-refractivity contribution in [1.29, 1.82) is 0 Å². The quantitative estimate of drug-likeness (QED) is 0.611. The van der Waals surface area contributed by atoms with Crippen LogP contribution in [0.2, 0.25) is 0 Å². The summed E-state index contributed by atoms with van der Waals surface area (Å²) in [4.78, 5) is 22.4. The molecule has 1 saturated carbocycles. The van der Waals surface area contributed by atoms with Crippen LogP contribution in [0.15, 0.2) is 12.1 Å². The second-order valence-electron chi connectivity index (χ2n) is 5.40. The smallest absolute Gasteiger partial charge is 0.272 e. The van der Waals surface area contributed by atoms with Crippen LogP contribution < -0.4 is 4.74 Å². The predicted octanol–water partition coefficient (Wildman–Crippen LogP) is 3.35. The number of carbonyl (C=O) groups excluding carboxylic acids is 1. The predicted molar refractivity (Wildman–Crippen MR) is 75.0 cm³/mol. The van der Waals surface area contributed by atoms with Crippen LogP contribution in [0, 0.1) is 29.9 Å². The molecule has 5 heteroatoms. The van der Waals surface area contributed by atoms with Gasteiger partial charge < -0.3 is 4.74 Å². The highest BCUT2D eigenvalue weighted by molar-refractivity contribution is 5.82. The van der Waals surface area contributed by atoms with E-state index in [0.29, 0.717) is 16.9 Å². The monoisotopic (exact) mass is 277 g/mol. The van der Waals surface area contributed by atoms with Crippen molar-refractivity contribution in [3.8, 4) is 5.75 Å². The molecule has 0 unspecified atom stereocenters. The van der Waals surface area contributed by atoms with Crippen molar-refractivity contribution in [3.05, 3.63) is 33.4 Å². The summed E-state index contributed by atoms with van der Waals surface area (Å²) in [7, 11) is 0. The molecule has 0 saturated heterocycles. The van der Waals surface area contributed by atoms with Crippen LogP contribution in [-0.4, -0.2) is 17.3 Å². The van der Waals surface area contributed by atoms with Crippen molar-refractivity contribution in [1.82, 2.24) is 0 Å². The summed E-state index contributed by atoms with van der Waals surface area (Å²) in [6.45, 7) is 3.48. The minimum absolute atomic E-state index is 0.0583. The first-order valence-corrected chi connectivity index (χ1v) is 6.90. The van der Waals surface area contributed by atoms with E-state index in [1.165, 1.54) is 6.07 Å². The molecule has 0 heterocycles. The van der Waals surface area contributed by atoms with Gasteiger partial charge in [-0.1, -0.05) is 12.8 Å². The second kappa shape index (κ2) is 6.03. The largest absolute Gasteiger partial charge is 0.486 e. The lowest BCUT2D eigenvalue weighted by atomic mass is 10.0. The third-order valence-corrected chi connectivity index (χ3v) is 3.87. The van der Waals surface area contributed by atoms with Crippen molar-refractivity contribution >= 4 is 11.5 Å². The van der Waals surface area contributed by atoms with Gasteiger partial charge in [-0.3, -0.25) is 14.9 Å². The van der Waals surface area contributed by atoms with Crippen LogP contribution in [0.25, 0.3) is 0 Å². The van der Waals surface area contributed by atoms with Crippen LogP contribution >= 0.6 is 0 Å². The number of carbonyl (C=O) groups is 1. The van der Waals surface area contributed by atoms with Crippen LogP contribution in [0.3, 0.4) is 0 Å². The maximum Gasteiger partial charge on any atom is 0.272 e. The third-order valence-electron chi connectivity index (χ3n) is 3.87. The Balaban J connectivity index is 2.04. The zero-order valence-corrected chi connectivity index (χ0v) is 11.8. The van der Waals surface area contributed by atoms with Gasteiger partial charge in [0.25, 0.3) is 5.69 Å². The lowest BCUT2D eigenvalue weighted by Crippen LogP contribution is -2.19. The molecule has 1 aliphatic carbocycles. The van der Waals surface area contributed by atoms with Crippen molar-refractivity contribution in [2.45, 2.75) is 39.5 Å². The van der Waals surface area contributed by atoms with Gasteiger partial charge >= 0.3 is 0 Å². The van der Waals surface area contributed by atoms with Crippen molar-refractivity contribution < 1.29 is 14.5 Å². The van der Waals surface area contributed by atoms with Crippen LogP contribution in [0.5, 0.6) is 5.75 Å². The Labute approximate surface area is 118 Å². The van der Waals surface area contributed by atoms with Gasteiger partial charge in [0, 0.05) is 17.5 Å². The van der Waals surface area contributed by atoms with E-state index in [0.717, 1.165) is 25.7 Å². The summed E-state index contributed by atoms with van der Waals surface area (Å²) in [5, 5.41) is 10.8. The number of aryl methyl sites for hydroxylation is 2. The molecule has 0 radical (unpaired) electrons. The number of hydrogen-bond acceptors (Lipinski definition) is 4. The van der Waals surface area contributed by atoms with Crippen molar-refractivity contribution in [3.63, 3.8) is 0 Å². The van der Waals surface area contributed by atoms with Gasteiger partial charge in [-0.05, 0) is 38.3 Å². The number of nitro benzene ring substituents is 1. The maximum atomic E-state index is 12.0. The fourth-order valence-corrected chi connectivity index (χ4v) is 2.64. The molecule has 0 atom stereocenters. The van der Waals surface area contributed by atoms with Crippen LogP contribution in [0.4, 0.5) is 5.69 Å². The number of Topliss-reactive ketones (excluding diaryl/α,β-unsaturated/α-hetero) is 1. The molecule has 1 aliphatic rings. The average molecular weight is 277 g/mol. The van der Waals surface area contributed by atoms with Gasteiger partial charge in [-0.15, -0.1) is 0 Å². The molecule has 5 nitrogen and oxygen atoms in total. The zero-order valence-electron chi connectivity index (χ0n) is 11.8. The van der Waals surface area contributed by atoms with Crippen LogP contribution in [0.1, 0.15) is 36.8 Å². The van der Waals surface area contributed by atoms with Gasteiger partial charge in [0.2, 0.25) is 0 Å². The Morgan fingerprint density at radius 1 is 1.30 bits per heavy atom. The van der Waals surface area contributed by atoms with E-state index in [1.807, 2.05) is 0 Å². The van der Waals surface area contributed by atoms with Gasteiger partial charge in [-0.25, -0.2) is 0 Å². The summed E-state index contributed by atoms with van der Waals surface area (Å²) in [6, 6.07) is 3.13. The van der Waals surface area contributed by atoms with Crippen molar-refractivity contribution in [2.75, 3.05) is 6.61 Å². The minimum Gasteiger partial charge on any atom is -0.486 e. The Morgan fingerprint density at radius 3 is 2.55 bits per heavy atom. The summed E-state index contributed by atoms with van der Waals surface area (Å²) >= 11 is 0. The number of benzene rings is 1. The molecule has 0 bridgehead atoms. The lowest BCUT2D eigenvalue weighted by molar-refractivity contribution is -0.385.